The number of hydrogen-bond acceptors (Lipinski definition) is 2. The summed E-state index contributed by atoms with van der Waals surface area (Å²) in [7, 11) is 0. The standard InChI is InChI=1S/C14H15NOS/c1-3-11-8-9-13(17-11)14(16)15-12-7-5-4-6-10(12)2/h4-9H,3H2,1-2H3,(H,15,16). The molecule has 1 heterocycles. The van der Waals surface area contributed by atoms with Crippen LogP contribution in [0.15, 0.2) is 36.4 Å². The molecular weight excluding hydrogens is 230 g/mol. The van der Waals surface area contributed by atoms with Gasteiger partial charge in [0.25, 0.3) is 5.91 Å². The van der Waals surface area contributed by atoms with Crippen molar-refractivity contribution in [1.82, 2.24) is 0 Å². The van der Waals surface area contributed by atoms with Crippen molar-refractivity contribution >= 4 is 22.9 Å². The molecule has 3 heteroatoms. The lowest BCUT2D eigenvalue weighted by atomic mass is 10.2. The van der Waals surface area contributed by atoms with E-state index in [9.17, 15) is 4.79 Å². The Morgan fingerprint density at radius 2 is 2.00 bits per heavy atom. The van der Waals surface area contributed by atoms with Crippen LogP contribution >= 0.6 is 11.3 Å². The number of para-hydroxylation sites is 1. The second-order valence-corrected chi connectivity index (χ2v) is 5.06. The quantitative estimate of drug-likeness (QED) is 0.873. The fourth-order valence-corrected chi connectivity index (χ4v) is 2.43. The van der Waals surface area contributed by atoms with Crippen molar-refractivity contribution in [3.63, 3.8) is 0 Å². The predicted molar refractivity (Wildman–Crippen MR) is 72.8 cm³/mol. The maximum Gasteiger partial charge on any atom is 0.265 e. The monoisotopic (exact) mass is 245 g/mol. The Kier molecular flexibility index (Phi) is 3.59. The Balaban J connectivity index is 2.14. The number of nitrogens with one attached hydrogen (secondary N) is 1. The number of thiophene rings is 1. The lowest BCUT2D eigenvalue weighted by Gasteiger charge is -2.06. The molecule has 0 bridgehead atoms. The van der Waals surface area contributed by atoms with E-state index in [4.69, 9.17) is 0 Å². The summed E-state index contributed by atoms with van der Waals surface area (Å²) in [4.78, 5) is 14.0. The minimum Gasteiger partial charge on any atom is -0.321 e. The predicted octanol–water partition coefficient (Wildman–Crippen LogP) is 3.87. The highest BCUT2D eigenvalue weighted by Crippen LogP contribution is 2.20. The Bertz CT molecular complexity index is 531. The molecule has 2 aromatic rings. The third-order valence-corrected chi connectivity index (χ3v) is 3.86. The molecule has 1 N–H and O–H groups in total. The molecule has 0 fully saturated rings. The van der Waals surface area contributed by atoms with E-state index >= 15 is 0 Å². The van der Waals surface area contributed by atoms with E-state index in [1.165, 1.54) is 4.88 Å². The first-order chi connectivity index (χ1) is 8.20. The van der Waals surface area contributed by atoms with Gasteiger partial charge in [-0.25, -0.2) is 0 Å². The zero-order chi connectivity index (χ0) is 12.3. The first-order valence-corrected chi connectivity index (χ1v) is 6.48. The van der Waals surface area contributed by atoms with Crippen LogP contribution in [0.2, 0.25) is 0 Å². The van der Waals surface area contributed by atoms with Crippen LogP contribution in [-0.2, 0) is 6.42 Å². The summed E-state index contributed by atoms with van der Waals surface area (Å²) in [5.74, 6) is -0.0241. The Morgan fingerprint density at radius 1 is 1.24 bits per heavy atom. The molecule has 0 saturated heterocycles. The molecule has 0 aliphatic rings. The van der Waals surface area contributed by atoms with Crippen molar-refractivity contribution in [3.05, 3.63) is 51.7 Å². The molecule has 1 aromatic heterocycles. The Hall–Kier alpha value is -1.61. The molecule has 0 radical (unpaired) electrons. The van der Waals surface area contributed by atoms with Gasteiger partial charge in [-0.05, 0) is 37.1 Å². The van der Waals surface area contributed by atoms with Crippen molar-refractivity contribution < 1.29 is 4.79 Å². The summed E-state index contributed by atoms with van der Waals surface area (Å²) >= 11 is 1.55. The van der Waals surface area contributed by atoms with E-state index in [0.29, 0.717) is 0 Å². The SMILES string of the molecule is CCc1ccc(C(=O)Nc2ccccc2C)s1. The average Bonchev–Trinajstić information content (AvgIpc) is 2.81. The van der Waals surface area contributed by atoms with Crippen molar-refractivity contribution in [1.29, 1.82) is 0 Å². The van der Waals surface area contributed by atoms with Crippen LogP contribution in [0.5, 0.6) is 0 Å². The fraction of sp³-hybridized carbons (Fsp3) is 0.214. The van der Waals surface area contributed by atoms with Crippen molar-refractivity contribution in [2.24, 2.45) is 0 Å². The molecule has 0 saturated carbocycles. The molecule has 0 spiro atoms. The van der Waals surface area contributed by atoms with Gasteiger partial charge in [0, 0.05) is 10.6 Å². The number of carbonyl (C=O) groups is 1. The minimum atomic E-state index is -0.0241. The number of hydrogen-bond donors (Lipinski definition) is 1. The molecule has 88 valence electrons. The third kappa shape index (κ3) is 2.74. The van der Waals surface area contributed by atoms with Gasteiger partial charge in [0.15, 0.2) is 0 Å². The van der Waals surface area contributed by atoms with Gasteiger partial charge in [0.2, 0.25) is 0 Å². The van der Waals surface area contributed by atoms with E-state index in [2.05, 4.69) is 12.2 Å². The summed E-state index contributed by atoms with van der Waals surface area (Å²) in [6.45, 7) is 4.08. The molecular formula is C14H15NOS. The second-order valence-electron chi connectivity index (χ2n) is 3.89. The van der Waals surface area contributed by atoms with E-state index in [1.54, 1.807) is 11.3 Å². The van der Waals surface area contributed by atoms with Crippen LogP contribution in [0.4, 0.5) is 5.69 Å². The van der Waals surface area contributed by atoms with E-state index < -0.39 is 0 Å². The number of amides is 1. The molecule has 2 nitrogen and oxygen atoms in total. The maximum absolute atomic E-state index is 12.0. The van der Waals surface area contributed by atoms with Gasteiger partial charge < -0.3 is 5.32 Å². The normalized spacial score (nSPS) is 10.2. The number of carbonyl (C=O) groups excluding carboxylic acids is 1. The zero-order valence-corrected chi connectivity index (χ0v) is 10.8. The highest BCUT2D eigenvalue weighted by Gasteiger charge is 2.09. The van der Waals surface area contributed by atoms with Crippen LogP contribution in [0.3, 0.4) is 0 Å². The highest BCUT2D eigenvalue weighted by atomic mass is 32.1. The smallest absolute Gasteiger partial charge is 0.265 e. The molecule has 17 heavy (non-hydrogen) atoms. The van der Waals surface area contributed by atoms with E-state index in [1.807, 2.05) is 43.3 Å². The van der Waals surface area contributed by atoms with Gasteiger partial charge in [-0.1, -0.05) is 25.1 Å². The molecule has 1 aromatic carbocycles. The lowest BCUT2D eigenvalue weighted by Crippen LogP contribution is -2.10. The number of rotatable bonds is 3. The topological polar surface area (TPSA) is 29.1 Å². The van der Waals surface area contributed by atoms with Crippen LogP contribution in [0, 0.1) is 6.92 Å². The first-order valence-electron chi connectivity index (χ1n) is 5.66. The molecule has 1 amide bonds. The van der Waals surface area contributed by atoms with Gasteiger partial charge in [-0.2, -0.15) is 0 Å². The molecule has 0 unspecified atom stereocenters. The highest BCUT2D eigenvalue weighted by molar-refractivity contribution is 7.14. The van der Waals surface area contributed by atoms with Crippen molar-refractivity contribution in [2.45, 2.75) is 20.3 Å². The molecule has 0 aliphatic carbocycles. The Labute approximate surface area is 105 Å². The minimum absolute atomic E-state index is 0.0241. The number of anilines is 1. The second kappa shape index (κ2) is 5.15. The van der Waals surface area contributed by atoms with Crippen LogP contribution in [-0.4, -0.2) is 5.91 Å². The summed E-state index contributed by atoms with van der Waals surface area (Å²) in [5, 5.41) is 2.94. The number of benzene rings is 1. The zero-order valence-electron chi connectivity index (χ0n) is 9.99. The molecule has 0 aliphatic heterocycles. The summed E-state index contributed by atoms with van der Waals surface area (Å²) in [5.41, 5.74) is 1.96. The lowest BCUT2D eigenvalue weighted by molar-refractivity contribution is 0.103. The third-order valence-electron chi connectivity index (χ3n) is 2.63. The van der Waals surface area contributed by atoms with Crippen molar-refractivity contribution in [2.75, 3.05) is 5.32 Å². The summed E-state index contributed by atoms with van der Waals surface area (Å²) in [6, 6.07) is 11.7. The van der Waals surface area contributed by atoms with Crippen LogP contribution in [0.25, 0.3) is 0 Å². The van der Waals surface area contributed by atoms with E-state index in [0.717, 1.165) is 22.5 Å². The van der Waals surface area contributed by atoms with Crippen LogP contribution < -0.4 is 5.32 Å². The van der Waals surface area contributed by atoms with Gasteiger partial charge in [0.1, 0.15) is 0 Å². The summed E-state index contributed by atoms with van der Waals surface area (Å²) < 4.78 is 0. The molecule has 2 rings (SSSR count). The van der Waals surface area contributed by atoms with Gasteiger partial charge in [-0.15, -0.1) is 11.3 Å². The van der Waals surface area contributed by atoms with Gasteiger partial charge >= 0.3 is 0 Å². The Morgan fingerprint density at radius 3 is 2.65 bits per heavy atom. The molecule has 0 atom stereocenters. The van der Waals surface area contributed by atoms with Crippen LogP contribution in [0.1, 0.15) is 27.0 Å². The van der Waals surface area contributed by atoms with Gasteiger partial charge in [0.05, 0.1) is 4.88 Å². The van der Waals surface area contributed by atoms with E-state index in [-0.39, 0.29) is 5.91 Å². The summed E-state index contributed by atoms with van der Waals surface area (Å²) in [6.07, 6.45) is 0.975. The maximum atomic E-state index is 12.0. The van der Waals surface area contributed by atoms with Crippen molar-refractivity contribution in [3.8, 4) is 0 Å². The fourth-order valence-electron chi connectivity index (χ4n) is 1.59. The number of aryl methyl sites for hydroxylation is 2. The van der Waals surface area contributed by atoms with Gasteiger partial charge in [-0.3, -0.25) is 4.79 Å². The largest absolute Gasteiger partial charge is 0.321 e. The average molecular weight is 245 g/mol. The first kappa shape index (κ1) is 11.9.